The number of aliphatic imine (C=N–C) groups is 1. The number of methoxy groups -OCH3 is 1. The lowest BCUT2D eigenvalue weighted by atomic mass is 9.93. The van der Waals surface area contributed by atoms with Gasteiger partial charge in [-0.25, -0.2) is 19.2 Å². The number of urea groups is 1. The van der Waals surface area contributed by atoms with E-state index in [2.05, 4.69) is 10.0 Å². The van der Waals surface area contributed by atoms with Gasteiger partial charge in [-0.15, -0.1) is 0 Å². The first-order valence-corrected chi connectivity index (χ1v) is 15.8. The smallest absolute Gasteiger partial charge is 0.326 e. The minimum atomic E-state index is -0.659. The minimum Gasteiger partial charge on any atom is -0.497 e. The van der Waals surface area contributed by atoms with E-state index in [0.29, 0.717) is 46.0 Å². The maximum atomic E-state index is 14.7. The number of halogens is 3. The van der Waals surface area contributed by atoms with Crippen LogP contribution in [0.25, 0.3) is 0 Å². The molecule has 2 atom stereocenters. The number of hydrogen-bond donors (Lipinski definition) is 0. The molecule has 0 N–H and O–H groups in total. The Kier molecular flexibility index (Phi) is 9.56. The third-order valence-electron chi connectivity index (χ3n) is 8.47. The van der Waals surface area contributed by atoms with Crippen molar-refractivity contribution in [2.75, 3.05) is 59.7 Å². The number of rotatable bonds is 8. The first-order valence-electron chi connectivity index (χ1n) is 15.0. The van der Waals surface area contributed by atoms with Gasteiger partial charge in [0.1, 0.15) is 36.7 Å². The average Bonchev–Trinajstić information content (AvgIpc) is 3.73. The summed E-state index contributed by atoms with van der Waals surface area (Å²) in [7, 11) is 1.56. The number of hydrogen-bond acceptors (Lipinski definition) is 6. The standard InChI is InChI=1S/C33H36Cl2FN5O3/c1-43-27-12-13-28(29(22-27)44-21-14-36)32-37-30(23-4-8-25(34)9-5-23)31(24-6-10-26(35)11-7-24)41(32)33(42)38-17-19-40(20-18-38)39-15-2-3-16-39/h4-13,22,30-31H,2-3,14-21H2,1H3. The molecule has 0 aliphatic carbocycles. The van der Waals surface area contributed by atoms with Gasteiger partial charge in [0.05, 0.1) is 18.7 Å². The van der Waals surface area contributed by atoms with Gasteiger partial charge < -0.3 is 14.4 Å². The highest BCUT2D eigenvalue weighted by Crippen LogP contribution is 2.46. The molecule has 3 aromatic carbocycles. The Hall–Kier alpha value is -3.37. The number of amidine groups is 1. The van der Waals surface area contributed by atoms with Crippen LogP contribution in [0.4, 0.5) is 9.18 Å². The summed E-state index contributed by atoms with van der Waals surface area (Å²) >= 11 is 12.6. The van der Waals surface area contributed by atoms with Gasteiger partial charge in [0, 0.05) is 55.4 Å². The molecule has 0 aromatic heterocycles. The predicted octanol–water partition coefficient (Wildman–Crippen LogP) is 6.64. The molecule has 3 aliphatic heterocycles. The summed E-state index contributed by atoms with van der Waals surface area (Å²) in [5, 5.41) is 5.99. The van der Waals surface area contributed by atoms with Gasteiger partial charge in [-0.3, -0.25) is 9.89 Å². The molecule has 2 fully saturated rings. The lowest BCUT2D eigenvalue weighted by Crippen LogP contribution is -2.57. The van der Waals surface area contributed by atoms with Gasteiger partial charge in [0.25, 0.3) is 0 Å². The van der Waals surface area contributed by atoms with E-state index < -0.39 is 18.8 Å². The second kappa shape index (κ2) is 13.7. The maximum absolute atomic E-state index is 14.7. The number of ether oxygens (including phenoxy) is 2. The van der Waals surface area contributed by atoms with Crippen LogP contribution in [0.1, 0.15) is 41.6 Å². The fraction of sp³-hybridized carbons (Fsp3) is 0.394. The van der Waals surface area contributed by atoms with Crippen molar-refractivity contribution in [3.8, 4) is 11.5 Å². The summed E-state index contributed by atoms with van der Waals surface area (Å²) in [5.41, 5.74) is 2.37. The van der Waals surface area contributed by atoms with Gasteiger partial charge in [-0.05, 0) is 60.4 Å². The molecule has 44 heavy (non-hydrogen) atoms. The van der Waals surface area contributed by atoms with E-state index in [4.69, 9.17) is 37.7 Å². The van der Waals surface area contributed by atoms with E-state index in [-0.39, 0.29) is 12.6 Å². The van der Waals surface area contributed by atoms with Crippen LogP contribution in [-0.2, 0) is 0 Å². The normalized spacial score (nSPS) is 21.0. The van der Waals surface area contributed by atoms with Crippen LogP contribution in [0, 0.1) is 0 Å². The topological polar surface area (TPSA) is 60.9 Å². The van der Waals surface area contributed by atoms with Crippen LogP contribution in [0.15, 0.2) is 71.7 Å². The summed E-state index contributed by atoms with van der Waals surface area (Å²) in [6, 6.07) is 19.3. The zero-order valence-corrected chi connectivity index (χ0v) is 26.2. The van der Waals surface area contributed by atoms with Gasteiger partial charge in [0.15, 0.2) is 0 Å². The van der Waals surface area contributed by atoms with Crippen LogP contribution in [0.2, 0.25) is 10.0 Å². The number of amides is 2. The Bertz CT molecular complexity index is 1480. The second-order valence-electron chi connectivity index (χ2n) is 11.1. The Morgan fingerprint density at radius 3 is 2.09 bits per heavy atom. The fourth-order valence-electron chi connectivity index (χ4n) is 6.24. The van der Waals surface area contributed by atoms with Crippen molar-refractivity contribution in [2.24, 2.45) is 4.99 Å². The third kappa shape index (κ3) is 6.38. The first kappa shape index (κ1) is 30.6. The van der Waals surface area contributed by atoms with Crippen molar-refractivity contribution < 1.29 is 18.7 Å². The van der Waals surface area contributed by atoms with Crippen molar-refractivity contribution in [3.63, 3.8) is 0 Å². The van der Waals surface area contributed by atoms with E-state index in [1.165, 1.54) is 12.8 Å². The Morgan fingerprint density at radius 1 is 0.864 bits per heavy atom. The van der Waals surface area contributed by atoms with E-state index in [1.54, 1.807) is 24.1 Å². The van der Waals surface area contributed by atoms with Crippen molar-refractivity contribution in [1.82, 2.24) is 19.8 Å². The molecule has 3 aromatic rings. The predicted molar refractivity (Wildman–Crippen MR) is 171 cm³/mol. The first-order chi connectivity index (χ1) is 21.5. The summed E-state index contributed by atoms with van der Waals surface area (Å²) < 4.78 is 24.6. The number of benzene rings is 3. The summed E-state index contributed by atoms with van der Waals surface area (Å²) in [5.74, 6) is 1.40. The van der Waals surface area contributed by atoms with Gasteiger partial charge in [0.2, 0.25) is 0 Å². The molecule has 0 radical (unpaired) electrons. The Labute approximate surface area is 267 Å². The molecule has 8 nitrogen and oxygen atoms in total. The van der Waals surface area contributed by atoms with E-state index >= 15 is 0 Å². The number of hydrazine groups is 1. The largest absolute Gasteiger partial charge is 0.497 e. The lowest BCUT2D eigenvalue weighted by Gasteiger charge is -2.41. The molecule has 2 unspecified atom stereocenters. The molecular formula is C33H36Cl2FN5O3. The number of carbonyl (C=O) groups excluding carboxylic acids is 1. The highest BCUT2D eigenvalue weighted by Gasteiger charge is 2.45. The van der Waals surface area contributed by atoms with Gasteiger partial charge >= 0.3 is 6.03 Å². The van der Waals surface area contributed by atoms with E-state index in [1.807, 2.05) is 59.5 Å². The minimum absolute atomic E-state index is 0.138. The number of nitrogens with zero attached hydrogens (tertiary/aromatic N) is 5. The Balaban J connectivity index is 1.43. The molecule has 11 heteroatoms. The van der Waals surface area contributed by atoms with E-state index in [9.17, 15) is 9.18 Å². The third-order valence-corrected chi connectivity index (χ3v) is 8.97. The molecule has 0 spiro atoms. The second-order valence-corrected chi connectivity index (χ2v) is 12.0. The van der Waals surface area contributed by atoms with Crippen LogP contribution in [-0.4, -0.2) is 91.3 Å². The lowest BCUT2D eigenvalue weighted by molar-refractivity contribution is -0.0341. The zero-order valence-electron chi connectivity index (χ0n) is 24.7. The number of carbonyl (C=O) groups is 1. The highest BCUT2D eigenvalue weighted by atomic mass is 35.5. The van der Waals surface area contributed by atoms with Crippen LogP contribution < -0.4 is 9.47 Å². The van der Waals surface area contributed by atoms with E-state index in [0.717, 1.165) is 37.3 Å². The maximum Gasteiger partial charge on any atom is 0.326 e. The van der Waals surface area contributed by atoms with Crippen LogP contribution >= 0.6 is 23.2 Å². The Morgan fingerprint density at radius 2 is 1.48 bits per heavy atom. The highest BCUT2D eigenvalue weighted by molar-refractivity contribution is 6.30. The van der Waals surface area contributed by atoms with Crippen LogP contribution in [0.5, 0.6) is 11.5 Å². The molecule has 232 valence electrons. The van der Waals surface area contributed by atoms with Crippen molar-refractivity contribution in [2.45, 2.75) is 24.9 Å². The van der Waals surface area contributed by atoms with Crippen molar-refractivity contribution in [3.05, 3.63) is 93.5 Å². The quantitative estimate of drug-likeness (QED) is 0.276. The molecule has 0 saturated carbocycles. The molecule has 3 heterocycles. The summed E-state index contributed by atoms with van der Waals surface area (Å²) in [6.45, 7) is 4.05. The molecule has 2 saturated heterocycles. The molecule has 0 bridgehead atoms. The summed E-state index contributed by atoms with van der Waals surface area (Å²) in [6.07, 6.45) is 2.41. The van der Waals surface area contributed by atoms with Crippen molar-refractivity contribution in [1.29, 1.82) is 0 Å². The molecule has 3 aliphatic rings. The van der Waals surface area contributed by atoms with Crippen LogP contribution in [0.3, 0.4) is 0 Å². The molecule has 2 amide bonds. The SMILES string of the molecule is COc1ccc(C2=NC(c3ccc(Cl)cc3)C(c3ccc(Cl)cc3)N2C(=O)N2CCN(N3CCCC3)CC2)c(OCCF)c1. The number of alkyl halides is 1. The molecule has 6 rings (SSSR count). The fourth-order valence-corrected chi connectivity index (χ4v) is 6.49. The number of piperazine rings is 1. The van der Waals surface area contributed by atoms with Gasteiger partial charge in [-0.2, -0.15) is 0 Å². The summed E-state index contributed by atoms with van der Waals surface area (Å²) in [4.78, 5) is 23.6. The van der Waals surface area contributed by atoms with Gasteiger partial charge in [-0.1, -0.05) is 47.5 Å². The average molecular weight is 641 g/mol. The monoisotopic (exact) mass is 639 g/mol. The molecular weight excluding hydrogens is 604 g/mol. The van der Waals surface area contributed by atoms with Crippen molar-refractivity contribution >= 4 is 35.1 Å². The zero-order chi connectivity index (χ0) is 30.6.